The van der Waals surface area contributed by atoms with E-state index in [2.05, 4.69) is 52.4 Å². The second-order valence-corrected chi connectivity index (χ2v) is 6.09. The van der Waals surface area contributed by atoms with Crippen LogP contribution in [0.1, 0.15) is 12.5 Å². The van der Waals surface area contributed by atoms with Crippen LogP contribution in [0, 0.1) is 0 Å². The Morgan fingerprint density at radius 2 is 1.81 bits per heavy atom. The number of methoxy groups -OCH3 is 1. The second-order valence-electron chi connectivity index (χ2n) is 6.09. The van der Waals surface area contributed by atoms with Crippen molar-refractivity contribution in [3.05, 3.63) is 35.9 Å². The number of halogens is 1. The Kier molecular flexibility index (Phi) is 12.6. The molecule has 0 spiro atoms. The monoisotopic (exact) mass is 476 g/mol. The number of aliphatic imine (C=N–C) groups is 1. The molecule has 0 aliphatic carbocycles. The molecule has 148 valence electrons. The van der Waals surface area contributed by atoms with Crippen LogP contribution in [0.4, 0.5) is 0 Å². The summed E-state index contributed by atoms with van der Waals surface area (Å²) in [6.07, 6.45) is 0. The van der Waals surface area contributed by atoms with Crippen LogP contribution >= 0.6 is 24.0 Å². The van der Waals surface area contributed by atoms with Crippen molar-refractivity contribution in [2.24, 2.45) is 4.99 Å². The van der Waals surface area contributed by atoms with Gasteiger partial charge in [0.05, 0.1) is 26.4 Å². The van der Waals surface area contributed by atoms with Gasteiger partial charge >= 0.3 is 0 Å². The van der Waals surface area contributed by atoms with Crippen LogP contribution in [0.2, 0.25) is 0 Å². The van der Waals surface area contributed by atoms with E-state index < -0.39 is 0 Å². The highest BCUT2D eigenvalue weighted by atomic mass is 127. The van der Waals surface area contributed by atoms with Crippen molar-refractivity contribution in [1.29, 1.82) is 0 Å². The van der Waals surface area contributed by atoms with Gasteiger partial charge in [0.1, 0.15) is 0 Å². The molecule has 0 saturated carbocycles. The molecule has 1 aromatic rings. The molecule has 1 fully saturated rings. The molecule has 0 amide bonds. The van der Waals surface area contributed by atoms with Crippen LogP contribution < -0.4 is 5.32 Å². The minimum atomic E-state index is 0. The number of nitrogens with zero attached hydrogens (tertiary/aromatic N) is 3. The number of nitrogens with one attached hydrogen (secondary N) is 1. The van der Waals surface area contributed by atoms with Gasteiger partial charge in [-0.15, -0.1) is 24.0 Å². The van der Waals surface area contributed by atoms with Crippen molar-refractivity contribution in [1.82, 2.24) is 15.1 Å². The summed E-state index contributed by atoms with van der Waals surface area (Å²) in [7, 11) is 1.68. The standard InChI is InChI=1S/C19H32N4O2.HI/c1-3-20-19(21-9-14-25-16-15-24-2)23-12-10-22(11-13-23)17-18-7-5-4-6-8-18;/h4-8H,3,9-17H2,1-2H3,(H,20,21);1H. The van der Waals surface area contributed by atoms with Gasteiger partial charge in [-0.2, -0.15) is 0 Å². The maximum Gasteiger partial charge on any atom is 0.194 e. The SMILES string of the molecule is CCNC(=NCCOCCOC)N1CCN(Cc2ccccc2)CC1.I. The van der Waals surface area contributed by atoms with Crippen molar-refractivity contribution in [2.45, 2.75) is 13.5 Å². The molecule has 0 bridgehead atoms. The van der Waals surface area contributed by atoms with Crippen molar-refractivity contribution in [3.63, 3.8) is 0 Å². The molecule has 1 saturated heterocycles. The molecular formula is C19H33IN4O2. The van der Waals surface area contributed by atoms with Gasteiger partial charge < -0.3 is 19.7 Å². The molecule has 1 aliphatic rings. The largest absolute Gasteiger partial charge is 0.382 e. The van der Waals surface area contributed by atoms with Crippen LogP contribution in [0.15, 0.2) is 35.3 Å². The van der Waals surface area contributed by atoms with Gasteiger partial charge in [-0.25, -0.2) is 0 Å². The van der Waals surface area contributed by atoms with Crippen LogP contribution in [0.25, 0.3) is 0 Å². The van der Waals surface area contributed by atoms with Crippen molar-refractivity contribution >= 4 is 29.9 Å². The summed E-state index contributed by atoms with van der Waals surface area (Å²) in [6, 6.07) is 10.7. The Balaban J connectivity index is 0.00000338. The topological polar surface area (TPSA) is 49.3 Å². The summed E-state index contributed by atoms with van der Waals surface area (Å²) in [4.78, 5) is 9.54. The molecule has 1 N–H and O–H groups in total. The molecule has 7 heteroatoms. The summed E-state index contributed by atoms with van der Waals surface area (Å²) in [5, 5.41) is 3.40. The zero-order chi connectivity index (χ0) is 17.7. The normalized spacial score (nSPS) is 15.6. The summed E-state index contributed by atoms with van der Waals surface area (Å²) < 4.78 is 10.5. The first-order valence-electron chi connectivity index (χ1n) is 9.19. The molecular weight excluding hydrogens is 443 g/mol. The lowest BCUT2D eigenvalue weighted by molar-refractivity contribution is 0.0746. The van der Waals surface area contributed by atoms with E-state index in [1.165, 1.54) is 5.56 Å². The highest BCUT2D eigenvalue weighted by Gasteiger charge is 2.19. The van der Waals surface area contributed by atoms with E-state index in [4.69, 9.17) is 14.5 Å². The fourth-order valence-electron chi connectivity index (χ4n) is 2.85. The van der Waals surface area contributed by atoms with Crippen LogP contribution in [0.3, 0.4) is 0 Å². The molecule has 1 aliphatic heterocycles. The average molecular weight is 476 g/mol. The second kappa shape index (κ2) is 14.2. The lowest BCUT2D eigenvalue weighted by Gasteiger charge is -2.36. The van der Waals surface area contributed by atoms with Gasteiger partial charge in [-0.05, 0) is 12.5 Å². The number of benzene rings is 1. The molecule has 0 unspecified atom stereocenters. The van der Waals surface area contributed by atoms with Crippen LogP contribution in [-0.2, 0) is 16.0 Å². The number of rotatable bonds is 9. The quantitative estimate of drug-likeness (QED) is 0.256. The highest BCUT2D eigenvalue weighted by molar-refractivity contribution is 14.0. The third kappa shape index (κ3) is 8.66. The summed E-state index contributed by atoms with van der Waals surface area (Å²) in [5.74, 6) is 0.997. The molecule has 26 heavy (non-hydrogen) atoms. The summed E-state index contributed by atoms with van der Waals surface area (Å²) in [6.45, 7) is 10.7. The molecule has 1 aromatic carbocycles. The Bertz CT molecular complexity index is 494. The van der Waals surface area contributed by atoms with E-state index >= 15 is 0 Å². The zero-order valence-electron chi connectivity index (χ0n) is 16.0. The van der Waals surface area contributed by atoms with E-state index in [1.807, 2.05) is 0 Å². The first-order chi connectivity index (χ1) is 12.3. The number of hydrogen-bond acceptors (Lipinski definition) is 4. The van der Waals surface area contributed by atoms with Crippen LogP contribution in [0.5, 0.6) is 0 Å². The maximum absolute atomic E-state index is 5.49. The Labute approximate surface area is 175 Å². The molecule has 0 atom stereocenters. The predicted molar refractivity (Wildman–Crippen MR) is 117 cm³/mol. The number of guanidine groups is 1. The van der Waals surface area contributed by atoms with E-state index in [-0.39, 0.29) is 24.0 Å². The van der Waals surface area contributed by atoms with Gasteiger partial charge in [-0.3, -0.25) is 9.89 Å². The third-order valence-corrected chi connectivity index (χ3v) is 4.18. The van der Waals surface area contributed by atoms with E-state index in [0.717, 1.165) is 45.2 Å². The predicted octanol–water partition coefficient (Wildman–Crippen LogP) is 2.05. The molecule has 0 aromatic heterocycles. The van der Waals surface area contributed by atoms with Gasteiger partial charge in [0, 0.05) is 46.4 Å². The molecule has 6 nitrogen and oxygen atoms in total. The summed E-state index contributed by atoms with van der Waals surface area (Å²) >= 11 is 0. The highest BCUT2D eigenvalue weighted by Crippen LogP contribution is 2.08. The Morgan fingerprint density at radius 3 is 2.46 bits per heavy atom. The molecule has 2 rings (SSSR count). The lowest BCUT2D eigenvalue weighted by Crippen LogP contribution is -2.52. The molecule has 1 heterocycles. The molecule has 0 radical (unpaired) electrons. The minimum Gasteiger partial charge on any atom is -0.382 e. The summed E-state index contributed by atoms with van der Waals surface area (Å²) in [5.41, 5.74) is 1.38. The third-order valence-electron chi connectivity index (χ3n) is 4.18. The number of ether oxygens (including phenoxy) is 2. The van der Waals surface area contributed by atoms with E-state index in [0.29, 0.717) is 26.4 Å². The maximum atomic E-state index is 5.49. The van der Waals surface area contributed by atoms with Gasteiger partial charge in [-0.1, -0.05) is 30.3 Å². The van der Waals surface area contributed by atoms with E-state index in [9.17, 15) is 0 Å². The van der Waals surface area contributed by atoms with Crippen molar-refractivity contribution < 1.29 is 9.47 Å². The Morgan fingerprint density at radius 1 is 1.08 bits per heavy atom. The van der Waals surface area contributed by atoms with Gasteiger partial charge in [0.2, 0.25) is 0 Å². The fraction of sp³-hybridized carbons (Fsp3) is 0.632. The smallest absolute Gasteiger partial charge is 0.194 e. The van der Waals surface area contributed by atoms with Crippen molar-refractivity contribution in [2.75, 3.05) is 66.2 Å². The average Bonchev–Trinajstić information content (AvgIpc) is 2.65. The van der Waals surface area contributed by atoms with E-state index in [1.54, 1.807) is 7.11 Å². The van der Waals surface area contributed by atoms with Gasteiger partial charge in [0.15, 0.2) is 5.96 Å². The van der Waals surface area contributed by atoms with Crippen LogP contribution in [-0.4, -0.2) is 82.0 Å². The zero-order valence-corrected chi connectivity index (χ0v) is 18.4. The fourth-order valence-corrected chi connectivity index (χ4v) is 2.85. The number of piperazine rings is 1. The van der Waals surface area contributed by atoms with Gasteiger partial charge in [0.25, 0.3) is 0 Å². The lowest BCUT2D eigenvalue weighted by atomic mass is 10.2. The van der Waals surface area contributed by atoms with Crippen molar-refractivity contribution in [3.8, 4) is 0 Å². The first kappa shape index (κ1) is 23.1. The minimum absolute atomic E-state index is 0. The first-order valence-corrected chi connectivity index (χ1v) is 9.19. The number of hydrogen-bond donors (Lipinski definition) is 1. The Hall–Kier alpha value is -0.900.